The predicted molar refractivity (Wildman–Crippen MR) is 102 cm³/mol. The number of hydrogen-bond acceptors (Lipinski definition) is 3. The van der Waals surface area contributed by atoms with Gasteiger partial charge in [-0.1, -0.05) is 44.9 Å². The molecule has 4 atom stereocenters. The lowest BCUT2D eigenvalue weighted by molar-refractivity contribution is -0.154. The largest absolute Gasteiger partial charge is 0.452 e. The van der Waals surface area contributed by atoms with Gasteiger partial charge in [0, 0.05) is 23.1 Å². The number of amides is 1. The number of carbonyl (C=O) groups is 2. The van der Waals surface area contributed by atoms with Crippen molar-refractivity contribution in [1.82, 2.24) is 10.3 Å². The number of rotatable bonds is 5. The molecule has 3 rings (SSSR count). The van der Waals surface area contributed by atoms with E-state index in [1.807, 2.05) is 30.5 Å². The van der Waals surface area contributed by atoms with Gasteiger partial charge in [0.2, 0.25) is 0 Å². The quantitative estimate of drug-likeness (QED) is 0.805. The van der Waals surface area contributed by atoms with Crippen molar-refractivity contribution in [3.05, 3.63) is 36.0 Å². The second-order valence-corrected chi connectivity index (χ2v) is 7.55. The predicted octanol–water partition coefficient (Wildman–Crippen LogP) is 3.58. The van der Waals surface area contributed by atoms with Gasteiger partial charge in [-0.25, -0.2) is 0 Å². The minimum absolute atomic E-state index is 0.151. The van der Waals surface area contributed by atoms with Gasteiger partial charge in [0.05, 0.1) is 6.42 Å². The highest BCUT2D eigenvalue weighted by molar-refractivity contribution is 5.88. The molecule has 1 aromatic heterocycles. The zero-order valence-electron chi connectivity index (χ0n) is 15.7. The van der Waals surface area contributed by atoms with Crippen LogP contribution in [0.3, 0.4) is 0 Å². The average molecular weight is 356 g/mol. The van der Waals surface area contributed by atoms with Crippen LogP contribution < -0.4 is 5.32 Å². The number of carbonyl (C=O) groups excluding carboxylic acids is 2. The van der Waals surface area contributed by atoms with E-state index in [0.717, 1.165) is 29.3 Å². The molecule has 2 aromatic rings. The zero-order chi connectivity index (χ0) is 18.7. The first-order valence-electron chi connectivity index (χ1n) is 9.50. The fraction of sp³-hybridized carbons (Fsp3) is 0.524. The Morgan fingerprint density at radius 2 is 2.04 bits per heavy atom. The number of aromatic amines is 1. The molecule has 0 unspecified atom stereocenters. The lowest BCUT2D eigenvalue weighted by Gasteiger charge is -2.35. The normalized spacial score (nSPS) is 24.2. The van der Waals surface area contributed by atoms with Crippen LogP contribution in [0.25, 0.3) is 10.9 Å². The molecular weight excluding hydrogens is 328 g/mol. The Labute approximate surface area is 154 Å². The molecule has 1 heterocycles. The summed E-state index contributed by atoms with van der Waals surface area (Å²) in [6.45, 7) is 6.05. The summed E-state index contributed by atoms with van der Waals surface area (Å²) in [7, 11) is 0. The molecule has 0 aliphatic heterocycles. The van der Waals surface area contributed by atoms with Crippen LogP contribution in [-0.2, 0) is 20.7 Å². The van der Waals surface area contributed by atoms with Gasteiger partial charge in [0.15, 0.2) is 6.10 Å². The molecule has 5 heteroatoms. The van der Waals surface area contributed by atoms with Crippen LogP contribution in [0, 0.1) is 11.8 Å². The van der Waals surface area contributed by atoms with E-state index in [-0.39, 0.29) is 24.3 Å². The molecule has 1 saturated carbocycles. The lowest BCUT2D eigenvalue weighted by atomic mass is 9.78. The molecule has 5 nitrogen and oxygen atoms in total. The first-order valence-corrected chi connectivity index (χ1v) is 9.50. The molecule has 1 fully saturated rings. The Morgan fingerprint density at radius 1 is 1.27 bits per heavy atom. The van der Waals surface area contributed by atoms with Crippen molar-refractivity contribution in [2.75, 3.05) is 0 Å². The van der Waals surface area contributed by atoms with Gasteiger partial charge in [0.25, 0.3) is 5.91 Å². The van der Waals surface area contributed by atoms with Gasteiger partial charge < -0.3 is 15.0 Å². The summed E-state index contributed by atoms with van der Waals surface area (Å²) >= 11 is 0. The summed E-state index contributed by atoms with van der Waals surface area (Å²) in [5.41, 5.74) is 1.87. The van der Waals surface area contributed by atoms with E-state index >= 15 is 0 Å². The Hall–Kier alpha value is -2.30. The molecule has 1 aliphatic rings. The number of ether oxygens (including phenoxy) is 1. The second kappa shape index (κ2) is 7.94. The van der Waals surface area contributed by atoms with E-state index in [9.17, 15) is 9.59 Å². The Balaban J connectivity index is 1.54. The summed E-state index contributed by atoms with van der Waals surface area (Å²) in [6.07, 6.45) is 4.53. The summed E-state index contributed by atoms with van der Waals surface area (Å²) in [6, 6.07) is 7.98. The minimum atomic E-state index is -0.780. The molecule has 1 amide bonds. The maximum Gasteiger partial charge on any atom is 0.311 e. The van der Waals surface area contributed by atoms with Crippen molar-refractivity contribution in [2.24, 2.45) is 11.8 Å². The van der Waals surface area contributed by atoms with Crippen molar-refractivity contribution in [2.45, 2.75) is 58.6 Å². The smallest absolute Gasteiger partial charge is 0.311 e. The van der Waals surface area contributed by atoms with Gasteiger partial charge in [-0.3, -0.25) is 9.59 Å². The molecule has 2 N–H and O–H groups in total. The zero-order valence-corrected chi connectivity index (χ0v) is 15.7. The number of H-pyrrole nitrogens is 1. The van der Waals surface area contributed by atoms with Gasteiger partial charge >= 0.3 is 5.97 Å². The molecular formula is C21H28N2O3. The van der Waals surface area contributed by atoms with Crippen LogP contribution in [0.5, 0.6) is 0 Å². The molecule has 1 aromatic carbocycles. The third-order valence-corrected chi connectivity index (χ3v) is 5.72. The van der Waals surface area contributed by atoms with E-state index in [1.165, 1.54) is 6.42 Å². The van der Waals surface area contributed by atoms with E-state index in [2.05, 4.69) is 24.1 Å². The van der Waals surface area contributed by atoms with Crippen LogP contribution in [-0.4, -0.2) is 29.0 Å². The maximum absolute atomic E-state index is 12.4. The Kier molecular flexibility index (Phi) is 5.64. The number of esters is 1. The van der Waals surface area contributed by atoms with Crippen LogP contribution >= 0.6 is 0 Å². The second-order valence-electron chi connectivity index (χ2n) is 7.55. The van der Waals surface area contributed by atoms with Crippen molar-refractivity contribution in [3.63, 3.8) is 0 Å². The average Bonchev–Trinajstić information content (AvgIpc) is 3.02. The molecule has 0 saturated heterocycles. The highest BCUT2D eigenvalue weighted by atomic mass is 16.5. The number of hydrogen-bond donors (Lipinski definition) is 2. The molecule has 140 valence electrons. The summed E-state index contributed by atoms with van der Waals surface area (Å²) in [4.78, 5) is 27.8. The topological polar surface area (TPSA) is 71.2 Å². The van der Waals surface area contributed by atoms with Crippen molar-refractivity contribution in [1.29, 1.82) is 0 Å². The third-order valence-electron chi connectivity index (χ3n) is 5.72. The Morgan fingerprint density at radius 3 is 2.85 bits per heavy atom. The number of fused-ring (bicyclic) bond motifs is 1. The molecule has 26 heavy (non-hydrogen) atoms. The number of aromatic nitrogens is 1. The summed E-state index contributed by atoms with van der Waals surface area (Å²) in [5, 5.41) is 4.08. The van der Waals surface area contributed by atoms with E-state index in [0.29, 0.717) is 11.8 Å². The molecule has 0 spiro atoms. The molecule has 0 bridgehead atoms. The third kappa shape index (κ3) is 4.09. The standard InChI is InChI=1S/C21H28N2O3/c1-13-7-6-10-18(14(13)2)23-21(25)15(3)26-20(24)11-16-12-22-19-9-5-4-8-17(16)19/h4-5,8-9,12-15,18,22H,6-7,10-11H2,1-3H3,(H,23,25)/t13-,14-,15-,18-/m1/s1. The fourth-order valence-electron chi connectivity index (χ4n) is 3.81. The number of benzene rings is 1. The van der Waals surface area contributed by atoms with E-state index in [1.54, 1.807) is 6.92 Å². The highest BCUT2D eigenvalue weighted by Crippen LogP contribution is 2.29. The van der Waals surface area contributed by atoms with Crippen LogP contribution in [0.15, 0.2) is 30.5 Å². The van der Waals surface area contributed by atoms with Crippen LogP contribution in [0.1, 0.15) is 45.6 Å². The first kappa shape index (κ1) is 18.5. The van der Waals surface area contributed by atoms with Gasteiger partial charge in [-0.15, -0.1) is 0 Å². The minimum Gasteiger partial charge on any atom is -0.452 e. The summed E-state index contributed by atoms with van der Waals surface area (Å²) in [5.74, 6) is 0.460. The monoisotopic (exact) mass is 356 g/mol. The van der Waals surface area contributed by atoms with E-state index < -0.39 is 6.10 Å². The van der Waals surface area contributed by atoms with Gasteiger partial charge in [0.1, 0.15) is 0 Å². The number of nitrogens with one attached hydrogen (secondary N) is 2. The van der Waals surface area contributed by atoms with Crippen molar-refractivity contribution >= 4 is 22.8 Å². The lowest BCUT2D eigenvalue weighted by Crippen LogP contribution is -2.47. The maximum atomic E-state index is 12.4. The highest BCUT2D eigenvalue weighted by Gasteiger charge is 2.30. The van der Waals surface area contributed by atoms with Crippen molar-refractivity contribution in [3.8, 4) is 0 Å². The van der Waals surface area contributed by atoms with Crippen LogP contribution in [0.2, 0.25) is 0 Å². The Bertz CT molecular complexity index is 782. The molecule has 0 radical (unpaired) electrons. The van der Waals surface area contributed by atoms with Crippen molar-refractivity contribution < 1.29 is 14.3 Å². The van der Waals surface area contributed by atoms with E-state index in [4.69, 9.17) is 4.74 Å². The fourth-order valence-corrected chi connectivity index (χ4v) is 3.81. The number of para-hydroxylation sites is 1. The van der Waals surface area contributed by atoms with Crippen LogP contribution in [0.4, 0.5) is 0 Å². The molecule has 1 aliphatic carbocycles. The first-order chi connectivity index (χ1) is 12.5. The SMILES string of the molecule is C[C@@H]1[C@H](C)CCC[C@H]1NC(=O)[C@@H](C)OC(=O)Cc1c[nH]c2ccccc12. The van der Waals surface area contributed by atoms with Gasteiger partial charge in [-0.2, -0.15) is 0 Å². The summed E-state index contributed by atoms with van der Waals surface area (Å²) < 4.78 is 5.37. The van der Waals surface area contributed by atoms with Gasteiger partial charge in [-0.05, 0) is 36.8 Å².